The molecule has 0 aromatic carbocycles. The van der Waals surface area contributed by atoms with Crippen LogP contribution in [0.15, 0.2) is 12.7 Å². The summed E-state index contributed by atoms with van der Waals surface area (Å²) in [5.41, 5.74) is 0. The topological polar surface area (TPSA) is 29.1 Å². The molecule has 1 heterocycles. The third kappa shape index (κ3) is 2.74. The molecule has 0 aromatic rings. The summed E-state index contributed by atoms with van der Waals surface area (Å²) >= 11 is 0. The average molecular weight is 153 g/mol. The lowest BCUT2D eigenvalue weighted by molar-refractivity contribution is -0.119. The molecule has 1 saturated heterocycles. The van der Waals surface area contributed by atoms with Gasteiger partial charge in [0.05, 0.1) is 0 Å². The van der Waals surface area contributed by atoms with Crippen LogP contribution in [0, 0.1) is 0 Å². The van der Waals surface area contributed by atoms with E-state index in [4.69, 9.17) is 0 Å². The average Bonchev–Trinajstić information content (AvgIpc) is 2.37. The monoisotopic (exact) mass is 153 g/mol. The van der Waals surface area contributed by atoms with Crippen LogP contribution in [-0.4, -0.2) is 11.9 Å². The number of hydrogen-bond acceptors (Lipinski definition) is 1. The Morgan fingerprint density at radius 3 is 3.09 bits per heavy atom. The Morgan fingerprint density at radius 1 is 1.73 bits per heavy atom. The van der Waals surface area contributed by atoms with E-state index in [0.717, 1.165) is 32.1 Å². The number of hydrogen-bond donors (Lipinski definition) is 1. The van der Waals surface area contributed by atoms with Gasteiger partial charge in [-0.15, -0.1) is 6.58 Å². The largest absolute Gasteiger partial charge is 0.353 e. The lowest BCUT2D eigenvalue weighted by Crippen LogP contribution is -2.24. The zero-order valence-corrected chi connectivity index (χ0v) is 6.81. The van der Waals surface area contributed by atoms with Crippen LogP contribution in [0.3, 0.4) is 0 Å². The van der Waals surface area contributed by atoms with Crippen LogP contribution in [-0.2, 0) is 4.79 Å². The summed E-state index contributed by atoms with van der Waals surface area (Å²) in [4.78, 5) is 10.8. The van der Waals surface area contributed by atoms with E-state index >= 15 is 0 Å². The number of carbonyl (C=O) groups excluding carboxylic acids is 1. The van der Waals surface area contributed by atoms with Crippen molar-refractivity contribution in [2.45, 2.75) is 38.1 Å². The number of rotatable bonds is 4. The van der Waals surface area contributed by atoms with Crippen molar-refractivity contribution in [3.8, 4) is 0 Å². The SMILES string of the molecule is C=CCCC[C@@H]1CCC(=O)N1. The Morgan fingerprint density at radius 2 is 2.55 bits per heavy atom. The van der Waals surface area contributed by atoms with E-state index < -0.39 is 0 Å². The van der Waals surface area contributed by atoms with E-state index in [2.05, 4.69) is 11.9 Å². The molecular weight excluding hydrogens is 138 g/mol. The number of allylic oxidation sites excluding steroid dienone is 1. The van der Waals surface area contributed by atoms with Gasteiger partial charge in [0, 0.05) is 12.5 Å². The summed E-state index contributed by atoms with van der Waals surface area (Å²) in [5, 5.41) is 2.94. The number of amides is 1. The van der Waals surface area contributed by atoms with Crippen LogP contribution in [0.1, 0.15) is 32.1 Å². The van der Waals surface area contributed by atoms with E-state index in [1.54, 1.807) is 0 Å². The van der Waals surface area contributed by atoms with E-state index in [1.165, 1.54) is 0 Å². The van der Waals surface area contributed by atoms with Gasteiger partial charge in [-0.2, -0.15) is 0 Å². The molecule has 1 atom stereocenters. The summed E-state index contributed by atoms with van der Waals surface area (Å²) in [6.07, 6.45) is 6.99. The van der Waals surface area contributed by atoms with Crippen LogP contribution < -0.4 is 5.32 Å². The molecule has 62 valence electrons. The molecule has 0 unspecified atom stereocenters. The fraction of sp³-hybridized carbons (Fsp3) is 0.667. The minimum Gasteiger partial charge on any atom is -0.353 e. The van der Waals surface area contributed by atoms with Gasteiger partial charge in [0.2, 0.25) is 5.91 Å². The lowest BCUT2D eigenvalue weighted by atomic mass is 10.1. The van der Waals surface area contributed by atoms with Gasteiger partial charge in [-0.1, -0.05) is 6.08 Å². The van der Waals surface area contributed by atoms with Crippen LogP contribution in [0.2, 0.25) is 0 Å². The fourth-order valence-corrected chi connectivity index (χ4v) is 1.40. The normalized spacial score (nSPS) is 23.3. The van der Waals surface area contributed by atoms with Gasteiger partial charge in [-0.05, 0) is 25.7 Å². The standard InChI is InChI=1S/C9H15NO/c1-2-3-4-5-8-6-7-9(11)10-8/h2,8H,1,3-7H2,(H,10,11)/t8-/m1/s1. The molecule has 0 saturated carbocycles. The van der Waals surface area contributed by atoms with Crippen molar-refractivity contribution in [1.82, 2.24) is 5.32 Å². The highest BCUT2D eigenvalue weighted by atomic mass is 16.1. The third-order valence-electron chi connectivity index (χ3n) is 2.05. The van der Waals surface area contributed by atoms with Gasteiger partial charge in [-0.3, -0.25) is 4.79 Å². The molecule has 1 aliphatic heterocycles. The molecule has 2 heteroatoms. The maximum Gasteiger partial charge on any atom is 0.220 e. The maximum absolute atomic E-state index is 10.8. The molecule has 0 spiro atoms. The Hall–Kier alpha value is -0.790. The van der Waals surface area contributed by atoms with Crippen molar-refractivity contribution in [2.24, 2.45) is 0 Å². The van der Waals surface area contributed by atoms with Gasteiger partial charge < -0.3 is 5.32 Å². The van der Waals surface area contributed by atoms with E-state index in [0.29, 0.717) is 6.04 Å². The number of unbranched alkanes of at least 4 members (excludes halogenated alkanes) is 1. The first-order valence-corrected chi connectivity index (χ1v) is 4.23. The fourth-order valence-electron chi connectivity index (χ4n) is 1.40. The van der Waals surface area contributed by atoms with Gasteiger partial charge >= 0.3 is 0 Å². The molecule has 1 fully saturated rings. The second-order valence-corrected chi connectivity index (χ2v) is 3.02. The number of carbonyl (C=O) groups is 1. The summed E-state index contributed by atoms with van der Waals surface area (Å²) in [7, 11) is 0. The first-order chi connectivity index (χ1) is 5.33. The van der Waals surface area contributed by atoms with Crippen LogP contribution in [0.25, 0.3) is 0 Å². The molecule has 1 rings (SSSR count). The Balaban J connectivity index is 2.08. The molecule has 0 aromatic heterocycles. The van der Waals surface area contributed by atoms with Gasteiger partial charge in [0.1, 0.15) is 0 Å². The Bertz CT molecular complexity index is 154. The zero-order chi connectivity index (χ0) is 8.10. The molecule has 0 radical (unpaired) electrons. The third-order valence-corrected chi connectivity index (χ3v) is 2.05. The molecule has 1 N–H and O–H groups in total. The first-order valence-electron chi connectivity index (χ1n) is 4.23. The summed E-state index contributed by atoms with van der Waals surface area (Å²) in [5.74, 6) is 0.216. The highest BCUT2D eigenvalue weighted by Gasteiger charge is 2.19. The van der Waals surface area contributed by atoms with E-state index in [9.17, 15) is 4.79 Å². The van der Waals surface area contributed by atoms with Gasteiger partial charge in [0.15, 0.2) is 0 Å². The molecular formula is C9H15NO. The molecule has 2 nitrogen and oxygen atoms in total. The van der Waals surface area contributed by atoms with Crippen LogP contribution in [0.4, 0.5) is 0 Å². The van der Waals surface area contributed by atoms with E-state index in [1.807, 2.05) is 6.08 Å². The Kier molecular flexibility index (Phi) is 3.14. The summed E-state index contributed by atoms with van der Waals surface area (Å²) in [6.45, 7) is 3.65. The number of nitrogens with one attached hydrogen (secondary N) is 1. The summed E-state index contributed by atoms with van der Waals surface area (Å²) < 4.78 is 0. The quantitative estimate of drug-likeness (QED) is 0.482. The van der Waals surface area contributed by atoms with Crippen molar-refractivity contribution in [1.29, 1.82) is 0 Å². The molecule has 11 heavy (non-hydrogen) atoms. The minimum absolute atomic E-state index is 0.216. The second-order valence-electron chi connectivity index (χ2n) is 3.02. The van der Waals surface area contributed by atoms with Crippen LogP contribution in [0.5, 0.6) is 0 Å². The zero-order valence-electron chi connectivity index (χ0n) is 6.81. The lowest BCUT2D eigenvalue weighted by Gasteiger charge is -2.07. The van der Waals surface area contributed by atoms with Gasteiger partial charge in [-0.25, -0.2) is 0 Å². The Labute approximate surface area is 67.7 Å². The van der Waals surface area contributed by atoms with Crippen molar-refractivity contribution in [2.75, 3.05) is 0 Å². The second kappa shape index (κ2) is 4.16. The molecule has 1 amide bonds. The molecule has 1 aliphatic rings. The van der Waals surface area contributed by atoms with Crippen molar-refractivity contribution >= 4 is 5.91 Å². The summed E-state index contributed by atoms with van der Waals surface area (Å²) in [6, 6.07) is 0.447. The van der Waals surface area contributed by atoms with E-state index in [-0.39, 0.29) is 5.91 Å². The first kappa shape index (κ1) is 8.31. The highest BCUT2D eigenvalue weighted by Crippen LogP contribution is 2.12. The minimum atomic E-state index is 0.216. The van der Waals surface area contributed by atoms with Crippen molar-refractivity contribution < 1.29 is 4.79 Å². The van der Waals surface area contributed by atoms with Crippen molar-refractivity contribution in [3.63, 3.8) is 0 Å². The predicted molar refractivity (Wildman–Crippen MR) is 45.2 cm³/mol. The molecule has 0 aliphatic carbocycles. The molecule has 0 bridgehead atoms. The smallest absolute Gasteiger partial charge is 0.220 e. The highest BCUT2D eigenvalue weighted by molar-refractivity contribution is 5.78. The van der Waals surface area contributed by atoms with Gasteiger partial charge in [0.25, 0.3) is 0 Å². The predicted octanol–water partition coefficient (Wildman–Crippen LogP) is 1.62. The van der Waals surface area contributed by atoms with Crippen LogP contribution >= 0.6 is 0 Å². The van der Waals surface area contributed by atoms with Crippen molar-refractivity contribution in [3.05, 3.63) is 12.7 Å². The maximum atomic E-state index is 10.8.